The lowest BCUT2D eigenvalue weighted by Crippen LogP contribution is -2.09. The monoisotopic (exact) mass is 297 g/mol. The van der Waals surface area contributed by atoms with Gasteiger partial charge in [0.15, 0.2) is 0 Å². The van der Waals surface area contributed by atoms with E-state index in [1.54, 1.807) is 19.1 Å². The summed E-state index contributed by atoms with van der Waals surface area (Å²) in [5.41, 5.74) is 6.63. The van der Waals surface area contributed by atoms with Gasteiger partial charge < -0.3 is 10.5 Å². The first kappa shape index (κ1) is 14.8. The molecule has 0 spiro atoms. The summed E-state index contributed by atoms with van der Waals surface area (Å²) in [6.07, 6.45) is 0. The minimum Gasteiger partial charge on any atom is -0.488 e. The molecule has 0 aliphatic carbocycles. The van der Waals surface area contributed by atoms with E-state index in [1.807, 2.05) is 0 Å². The van der Waals surface area contributed by atoms with Crippen LogP contribution >= 0.6 is 11.6 Å². The van der Waals surface area contributed by atoms with Crippen molar-refractivity contribution in [3.63, 3.8) is 0 Å². The van der Waals surface area contributed by atoms with Gasteiger partial charge in [0.1, 0.15) is 24.0 Å². The lowest BCUT2D eigenvalue weighted by Gasteiger charge is -2.14. The first-order valence-corrected chi connectivity index (χ1v) is 6.47. The van der Waals surface area contributed by atoms with Crippen LogP contribution in [0.4, 0.5) is 8.78 Å². The molecular weight excluding hydrogens is 284 g/mol. The van der Waals surface area contributed by atoms with E-state index < -0.39 is 11.6 Å². The van der Waals surface area contributed by atoms with Crippen molar-refractivity contribution in [1.82, 2.24) is 0 Å². The number of halogens is 3. The van der Waals surface area contributed by atoms with Crippen LogP contribution in [-0.2, 0) is 6.61 Å². The van der Waals surface area contributed by atoms with Gasteiger partial charge in [-0.15, -0.1) is 0 Å². The van der Waals surface area contributed by atoms with Crippen LogP contribution in [0.5, 0.6) is 5.75 Å². The highest BCUT2D eigenvalue weighted by atomic mass is 35.5. The van der Waals surface area contributed by atoms with E-state index >= 15 is 0 Å². The number of benzene rings is 2. The van der Waals surface area contributed by atoms with Crippen LogP contribution in [0.25, 0.3) is 0 Å². The van der Waals surface area contributed by atoms with Crippen LogP contribution < -0.4 is 10.5 Å². The molecule has 0 fully saturated rings. The molecule has 2 aromatic carbocycles. The molecule has 0 saturated carbocycles. The second kappa shape index (κ2) is 6.20. The second-order valence-electron chi connectivity index (χ2n) is 4.47. The van der Waals surface area contributed by atoms with Crippen molar-refractivity contribution in [2.45, 2.75) is 19.6 Å². The molecule has 2 rings (SSSR count). The maximum Gasteiger partial charge on any atom is 0.148 e. The highest BCUT2D eigenvalue weighted by Crippen LogP contribution is 2.26. The van der Waals surface area contributed by atoms with Crippen molar-refractivity contribution in [2.75, 3.05) is 0 Å². The topological polar surface area (TPSA) is 35.2 Å². The Hall–Kier alpha value is -1.65. The first-order chi connectivity index (χ1) is 9.49. The molecule has 106 valence electrons. The van der Waals surface area contributed by atoms with Gasteiger partial charge in [-0.05, 0) is 31.2 Å². The SMILES string of the molecule is C[C@H](N)c1cc(F)ccc1OCc1cccc(Cl)c1F. The third-order valence-corrected chi connectivity index (χ3v) is 3.17. The average Bonchev–Trinajstić information content (AvgIpc) is 2.41. The van der Waals surface area contributed by atoms with E-state index in [0.29, 0.717) is 16.9 Å². The fourth-order valence-corrected chi connectivity index (χ4v) is 2.02. The van der Waals surface area contributed by atoms with Crippen molar-refractivity contribution in [2.24, 2.45) is 5.73 Å². The van der Waals surface area contributed by atoms with Gasteiger partial charge in [-0.2, -0.15) is 0 Å². The number of hydrogen-bond donors (Lipinski definition) is 1. The smallest absolute Gasteiger partial charge is 0.148 e. The second-order valence-corrected chi connectivity index (χ2v) is 4.88. The van der Waals surface area contributed by atoms with E-state index in [0.717, 1.165) is 0 Å². The Morgan fingerprint density at radius 1 is 1.25 bits per heavy atom. The minimum atomic E-state index is -0.515. The summed E-state index contributed by atoms with van der Waals surface area (Å²) in [6.45, 7) is 1.72. The average molecular weight is 298 g/mol. The Labute approximate surface area is 121 Å². The van der Waals surface area contributed by atoms with E-state index in [4.69, 9.17) is 22.1 Å². The van der Waals surface area contributed by atoms with Crippen LogP contribution in [-0.4, -0.2) is 0 Å². The maximum atomic E-state index is 13.7. The molecule has 5 heteroatoms. The molecule has 1 atom stereocenters. The summed E-state index contributed by atoms with van der Waals surface area (Å²) in [6, 6.07) is 8.37. The van der Waals surface area contributed by atoms with Gasteiger partial charge >= 0.3 is 0 Å². The van der Waals surface area contributed by atoms with Gasteiger partial charge in [0, 0.05) is 17.2 Å². The maximum absolute atomic E-state index is 13.7. The van der Waals surface area contributed by atoms with Gasteiger partial charge in [0.2, 0.25) is 0 Å². The molecule has 2 N–H and O–H groups in total. The molecule has 2 aromatic rings. The third-order valence-electron chi connectivity index (χ3n) is 2.88. The highest BCUT2D eigenvalue weighted by molar-refractivity contribution is 6.30. The zero-order chi connectivity index (χ0) is 14.7. The van der Waals surface area contributed by atoms with E-state index in [9.17, 15) is 8.78 Å². The number of ether oxygens (including phenoxy) is 1. The van der Waals surface area contributed by atoms with Crippen molar-refractivity contribution in [3.05, 3.63) is 64.2 Å². The lowest BCUT2D eigenvalue weighted by molar-refractivity contribution is 0.295. The molecule has 0 saturated heterocycles. The van der Waals surface area contributed by atoms with Crippen LogP contribution in [0, 0.1) is 11.6 Å². The molecule has 0 amide bonds. The van der Waals surface area contributed by atoms with Crippen LogP contribution in [0.3, 0.4) is 0 Å². The molecule has 20 heavy (non-hydrogen) atoms. The predicted molar refractivity (Wildman–Crippen MR) is 74.7 cm³/mol. The van der Waals surface area contributed by atoms with Crippen molar-refractivity contribution in [3.8, 4) is 5.75 Å². The summed E-state index contributed by atoms with van der Waals surface area (Å²) < 4.78 is 32.5. The molecular formula is C15H14ClF2NO. The molecule has 0 unspecified atom stereocenters. The summed E-state index contributed by atoms with van der Waals surface area (Å²) in [5, 5.41) is 0.0395. The Morgan fingerprint density at radius 3 is 2.70 bits per heavy atom. The highest BCUT2D eigenvalue weighted by Gasteiger charge is 2.12. The van der Waals surface area contributed by atoms with Crippen LogP contribution in [0.1, 0.15) is 24.1 Å². The largest absolute Gasteiger partial charge is 0.488 e. The van der Waals surface area contributed by atoms with Crippen molar-refractivity contribution in [1.29, 1.82) is 0 Å². The fraction of sp³-hybridized carbons (Fsp3) is 0.200. The Kier molecular flexibility index (Phi) is 4.57. The zero-order valence-corrected chi connectivity index (χ0v) is 11.6. The number of hydrogen-bond acceptors (Lipinski definition) is 2. The van der Waals surface area contributed by atoms with E-state index in [1.165, 1.54) is 24.3 Å². The minimum absolute atomic E-state index is 0.00224. The molecule has 0 heterocycles. The first-order valence-electron chi connectivity index (χ1n) is 6.09. The Balaban J connectivity index is 2.21. The van der Waals surface area contributed by atoms with Crippen LogP contribution in [0.15, 0.2) is 36.4 Å². The molecule has 2 nitrogen and oxygen atoms in total. The Morgan fingerprint density at radius 2 is 2.00 bits per heavy atom. The van der Waals surface area contributed by atoms with Gasteiger partial charge in [-0.25, -0.2) is 8.78 Å². The number of rotatable bonds is 4. The standard InChI is InChI=1S/C15H14ClF2NO/c1-9(19)12-7-11(17)5-6-14(12)20-8-10-3-2-4-13(16)15(10)18/h2-7,9H,8,19H2,1H3/t9-/m0/s1. The van der Waals surface area contributed by atoms with E-state index in [-0.39, 0.29) is 17.7 Å². The summed E-state index contributed by atoms with van der Waals surface area (Å²) >= 11 is 5.70. The number of nitrogens with two attached hydrogens (primary N) is 1. The van der Waals surface area contributed by atoms with Gasteiger partial charge in [0.05, 0.1) is 5.02 Å². The van der Waals surface area contributed by atoms with Crippen LogP contribution in [0.2, 0.25) is 5.02 Å². The van der Waals surface area contributed by atoms with Crippen molar-refractivity contribution < 1.29 is 13.5 Å². The fourth-order valence-electron chi connectivity index (χ4n) is 1.82. The molecule has 0 bridgehead atoms. The third kappa shape index (κ3) is 3.26. The summed E-state index contributed by atoms with van der Waals surface area (Å²) in [5.74, 6) is -0.474. The molecule has 0 aliphatic heterocycles. The quantitative estimate of drug-likeness (QED) is 0.917. The predicted octanol–water partition coefficient (Wildman–Crippen LogP) is 4.22. The van der Waals surface area contributed by atoms with Crippen molar-refractivity contribution >= 4 is 11.6 Å². The molecule has 0 radical (unpaired) electrons. The Bertz CT molecular complexity index is 617. The molecule has 0 aromatic heterocycles. The van der Waals surface area contributed by atoms with Gasteiger partial charge in [-0.1, -0.05) is 23.7 Å². The lowest BCUT2D eigenvalue weighted by atomic mass is 10.1. The summed E-state index contributed by atoms with van der Waals surface area (Å²) in [4.78, 5) is 0. The summed E-state index contributed by atoms with van der Waals surface area (Å²) in [7, 11) is 0. The normalized spacial score (nSPS) is 12.2. The zero-order valence-electron chi connectivity index (χ0n) is 10.9. The van der Waals surface area contributed by atoms with Gasteiger partial charge in [0.25, 0.3) is 0 Å². The molecule has 0 aliphatic rings. The van der Waals surface area contributed by atoms with Gasteiger partial charge in [-0.3, -0.25) is 0 Å². The van der Waals surface area contributed by atoms with E-state index in [2.05, 4.69) is 0 Å².